The molecule has 0 saturated carbocycles. The summed E-state index contributed by atoms with van der Waals surface area (Å²) in [5.41, 5.74) is 2.40. The van der Waals surface area contributed by atoms with Gasteiger partial charge in [0.15, 0.2) is 0 Å². The molecule has 0 aliphatic rings. The molecular weight excluding hydrogens is 376 g/mol. The van der Waals surface area contributed by atoms with E-state index in [2.05, 4.69) is 0 Å². The van der Waals surface area contributed by atoms with Gasteiger partial charge >= 0.3 is 0 Å². The van der Waals surface area contributed by atoms with Crippen molar-refractivity contribution in [1.82, 2.24) is 0 Å². The van der Waals surface area contributed by atoms with Crippen molar-refractivity contribution in [3.8, 4) is 0 Å². The lowest BCUT2D eigenvalue weighted by molar-refractivity contribution is 0.474. The monoisotopic (exact) mass is 398 g/mol. The third-order valence-corrected chi connectivity index (χ3v) is 6.47. The number of aryl methyl sites for hydroxylation is 2. The fourth-order valence-electron chi connectivity index (χ4n) is 3.06. The summed E-state index contributed by atoms with van der Waals surface area (Å²) in [5.74, 6) is -0.872. The Balaban J connectivity index is 2.65. The van der Waals surface area contributed by atoms with E-state index in [4.69, 9.17) is 0 Å². The lowest BCUT2D eigenvalue weighted by Crippen LogP contribution is -2.14. The summed E-state index contributed by atoms with van der Waals surface area (Å²) >= 11 is 0. The van der Waals surface area contributed by atoms with Crippen molar-refractivity contribution in [3.05, 3.63) is 58.7 Å². The van der Waals surface area contributed by atoms with Crippen LogP contribution in [-0.2, 0) is 20.2 Å². The minimum atomic E-state index is -4.43. The molecule has 0 unspecified atom stereocenters. The Morgan fingerprint density at radius 2 is 1.00 bits per heavy atom. The molecule has 0 saturated heterocycles. The standard InChI is InChI=1S/C18H22O6S2/c1-11-5-7-17(25(19,20)21)15(9-11)13(3)14(4)16-10-12(2)6-8-18(16)26(22,23)24/h5-10,13-14H,1-4H3,(H,19,20,21)(H,22,23,24)/t13-,14-/m0/s1. The third kappa shape index (κ3) is 4.32. The van der Waals surface area contributed by atoms with Crippen LogP contribution in [0.5, 0.6) is 0 Å². The van der Waals surface area contributed by atoms with Gasteiger partial charge in [0.25, 0.3) is 20.2 Å². The van der Waals surface area contributed by atoms with Gasteiger partial charge in [-0.1, -0.05) is 49.2 Å². The second-order valence-electron chi connectivity index (χ2n) is 6.61. The zero-order chi connectivity index (χ0) is 19.9. The van der Waals surface area contributed by atoms with Gasteiger partial charge in [-0.25, -0.2) is 0 Å². The van der Waals surface area contributed by atoms with E-state index >= 15 is 0 Å². The van der Waals surface area contributed by atoms with E-state index in [0.717, 1.165) is 11.1 Å². The van der Waals surface area contributed by atoms with Gasteiger partial charge < -0.3 is 0 Å². The summed E-state index contributed by atoms with van der Waals surface area (Å²) < 4.78 is 66.0. The number of hydrogen-bond donors (Lipinski definition) is 2. The molecule has 2 aromatic rings. The lowest BCUT2D eigenvalue weighted by Gasteiger charge is -2.24. The van der Waals surface area contributed by atoms with E-state index in [-0.39, 0.29) is 9.79 Å². The van der Waals surface area contributed by atoms with Crippen molar-refractivity contribution < 1.29 is 25.9 Å². The molecule has 142 valence electrons. The van der Waals surface area contributed by atoms with Crippen LogP contribution in [0.2, 0.25) is 0 Å². The van der Waals surface area contributed by atoms with E-state index in [0.29, 0.717) is 11.1 Å². The van der Waals surface area contributed by atoms with Crippen molar-refractivity contribution in [3.63, 3.8) is 0 Å². The highest BCUT2D eigenvalue weighted by molar-refractivity contribution is 7.86. The topological polar surface area (TPSA) is 109 Å². The maximum absolute atomic E-state index is 11.7. The molecule has 2 N–H and O–H groups in total. The maximum atomic E-state index is 11.7. The summed E-state index contributed by atoms with van der Waals surface area (Å²) in [4.78, 5) is -0.410. The van der Waals surface area contributed by atoms with Crippen LogP contribution in [0.25, 0.3) is 0 Å². The molecule has 2 rings (SSSR count). The summed E-state index contributed by atoms with van der Waals surface area (Å²) in [7, 11) is -8.85. The molecule has 0 radical (unpaired) electrons. The third-order valence-electron chi connectivity index (χ3n) is 4.62. The molecule has 0 aliphatic carbocycles. The van der Waals surface area contributed by atoms with Gasteiger partial charge in [-0.3, -0.25) is 9.11 Å². The molecule has 0 fully saturated rings. The van der Waals surface area contributed by atoms with Gasteiger partial charge in [0.1, 0.15) is 0 Å². The number of rotatable bonds is 5. The molecule has 26 heavy (non-hydrogen) atoms. The molecule has 0 bridgehead atoms. The molecule has 2 aromatic carbocycles. The Labute approximate surface area is 154 Å². The van der Waals surface area contributed by atoms with Crippen LogP contribution >= 0.6 is 0 Å². The highest BCUT2D eigenvalue weighted by Gasteiger charge is 2.28. The Morgan fingerprint density at radius 3 is 1.27 bits per heavy atom. The van der Waals surface area contributed by atoms with Crippen LogP contribution < -0.4 is 0 Å². The van der Waals surface area contributed by atoms with Crippen LogP contribution in [0.4, 0.5) is 0 Å². The SMILES string of the molecule is Cc1ccc(S(=O)(=O)O)c([C@@H](C)[C@H](C)c2cc(C)ccc2S(=O)(=O)O)c1. The molecule has 8 heteroatoms. The molecule has 0 heterocycles. The van der Waals surface area contributed by atoms with Crippen molar-refractivity contribution in [2.24, 2.45) is 0 Å². The average Bonchev–Trinajstić information content (AvgIpc) is 2.50. The molecule has 2 atom stereocenters. The minimum Gasteiger partial charge on any atom is -0.282 e. The smallest absolute Gasteiger partial charge is 0.282 e. The van der Waals surface area contributed by atoms with E-state index in [1.165, 1.54) is 12.1 Å². The number of hydrogen-bond acceptors (Lipinski definition) is 4. The second-order valence-corrected chi connectivity index (χ2v) is 9.39. The van der Waals surface area contributed by atoms with E-state index < -0.39 is 32.1 Å². The first kappa shape index (κ1) is 20.6. The minimum absolute atomic E-state index is 0.205. The van der Waals surface area contributed by atoms with Gasteiger partial charge in [-0.2, -0.15) is 16.8 Å². The Kier molecular flexibility index (Phi) is 5.63. The normalized spacial score (nSPS) is 14.8. The van der Waals surface area contributed by atoms with Crippen LogP contribution in [-0.4, -0.2) is 25.9 Å². The van der Waals surface area contributed by atoms with Crippen molar-refractivity contribution >= 4 is 20.2 Å². The Morgan fingerprint density at radius 1 is 0.692 bits per heavy atom. The van der Waals surface area contributed by atoms with Crippen LogP contribution in [0.15, 0.2) is 46.2 Å². The summed E-state index contributed by atoms with van der Waals surface area (Å²) in [6, 6.07) is 9.16. The van der Waals surface area contributed by atoms with Crippen LogP contribution in [0, 0.1) is 13.8 Å². The first-order valence-electron chi connectivity index (χ1n) is 7.98. The molecule has 0 amide bonds. The Bertz CT molecular complexity index is 954. The van der Waals surface area contributed by atoms with E-state index in [1.54, 1.807) is 52.0 Å². The van der Waals surface area contributed by atoms with Gasteiger partial charge in [-0.05, 0) is 48.9 Å². The van der Waals surface area contributed by atoms with E-state index in [9.17, 15) is 25.9 Å². The van der Waals surface area contributed by atoms with E-state index in [1.807, 2.05) is 0 Å². The highest BCUT2D eigenvalue weighted by Crippen LogP contribution is 2.38. The zero-order valence-corrected chi connectivity index (χ0v) is 16.6. The molecule has 0 aromatic heterocycles. The van der Waals surface area contributed by atoms with Gasteiger partial charge in [-0.15, -0.1) is 0 Å². The van der Waals surface area contributed by atoms with Crippen molar-refractivity contribution in [2.45, 2.75) is 49.3 Å². The highest BCUT2D eigenvalue weighted by atomic mass is 32.2. The molecular formula is C18H22O6S2. The predicted octanol–water partition coefficient (Wildman–Crippen LogP) is 3.70. The fraction of sp³-hybridized carbons (Fsp3) is 0.333. The predicted molar refractivity (Wildman–Crippen MR) is 98.8 cm³/mol. The van der Waals surface area contributed by atoms with Crippen molar-refractivity contribution in [2.75, 3.05) is 0 Å². The zero-order valence-electron chi connectivity index (χ0n) is 15.0. The van der Waals surface area contributed by atoms with Crippen molar-refractivity contribution in [1.29, 1.82) is 0 Å². The quantitative estimate of drug-likeness (QED) is 0.743. The number of benzene rings is 2. The first-order valence-corrected chi connectivity index (χ1v) is 10.9. The van der Waals surface area contributed by atoms with Gasteiger partial charge in [0.05, 0.1) is 9.79 Å². The first-order chi connectivity index (χ1) is 11.8. The Hall–Kier alpha value is -1.74. The van der Waals surface area contributed by atoms with Gasteiger partial charge in [0.2, 0.25) is 0 Å². The summed E-state index contributed by atoms with van der Waals surface area (Å²) in [6.07, 6.45) is 0. The van der Waals surface area contributed by atoms with Crippen LogP contribution in [0.1, 0.15) is 47.9 Å². The summed E-state index contributed by atoms with van der Waals surface area (Å²) in [5, 5.41) is 0. The largest absolute Gasteiger partial charge is 0.294 e. The molecule has 6 nitrogen and oxygen atoms in total. The van der Waals surface area contributed by atoms with Gasteiger partial charge in [0, 0.05) is 0 Å². The second kappa shape index (κ2) is 7.11. The maximum Gasteiger partial charge on any atom is 0.294 e. The average molecular weight is 399 g/mol. The summed E-state index contributed by atoms with van der Waals surface area (Å²) in [6.45, 7) is 7.10. The fourth-order valence-corrected chi connectivity index (χ4v) is 4.62. The molecule has 0 spiro atoms. The lowest BCUT2D eigenvalue weighted by atomic mass is 9.83. The molecule has 0 aliphatic heterocycles. The van der Waals surface area contributed by atoms with Crippen LogP contribution in [0.3, 0.4) is 0 Å².